The molecule has 0 aliphatic rings. The molecule has 1 aromatic rings. The van der Waals surface area contributed by atoms with Crippen LogP contribution in [0, 0.1) is 10.1 Å². The van der Waals surface area contributed by atoms with Crippen LogP contribution in [0.25, 0.3) is 0 Å². The fourth-order valence-corrected chi connectivity index (χ4v) is 3.22. The Morgan fingerprint density at radius 3 is 1.84 bits per heavy atom. The molecule has 0 saturated heterocycles. The Hall–Kier alpha value is -2.59. The minimum Gasteiger partial charge on any atom is -0.487 e. The van der Waals surface area contributed by atoms with Crippen molar-refractivity contribution in [3.63, 3.8) is 0 Å². The lowest BCUT2D eigenvalue weighted by Gasteiger charge is -2.32. The number of non-ortho nitro benzene ring substituents is 1. The highest BCUT2D eigenvalue weighted by atomic mass is 35.5. The van der Waals surface area contributed by atoms with Gasteiger partial charge in [0.25, 0.3) is 5.69 Å². The molecule has 10 nitrogen and oxygen atoms in total. The molecule has 0 N–H and O–H groups in total. The van der Waals surface area contributed by atoms with E-state index >= 15 is 0 Å². The van der Waals surface area contributed by atoms with Crippen LogP contribution in [0.15, 0.2) is 18.2 Å². The van der Waals surface area contributed by atoms with Crippen LogP contribution in [0.4, 0.5) is 15.3 Å². The predicted octanol–water partition coefficient (Wildman–Crippen LogP) is 7.15. The first-order chi connectivity index (χ1) is 16.6. The molecule has 0 aromatic heterocycles. The monoisotopic (exact) mass is 544 g/mol. The minimum absolute atomic E-state index is 0.0307. The standard InChI is InChI=1S/C26H41ClN2O8/c1-23(2,3)36-21(30)28(22(31)37-24(4,5)6)13-11-25(7,8)34-14-12-26(9,10)35-20-16-18(27)15-19(17-20)29(32)33/h15-17H,11-14H2,1-10H3. The van der Waals surface area contributed by atoms with Crippen molar-refractivity contribution in [3.8, 4) is 5.75 Å². The van der Waals surface area contributed by atoms with Crippen LogP contribution in [0.2, 0.25) is 5.02 Å². The Kier molecular flexibility index (Phi) is 10.8. The second-order valence-corrected chi connectivity index (χ2v) is 12.4. The largest absolute Gasteiger partial charge is 0.487 e. The number of nitro groups is 1. The minimum atomic E-state index is -0.789. The summed E-state index contributed by atoms with van der Waals surface area (Å²) in [7, 11) is 0. The maximum atomic E-state index is 12.7. The van der Waals surface area contributed by atoms with Gasteiger partial charge in [0.15, 0.2) is 0 Å². The summed E-state index contributed by atoms with van der Waals surface area (Å²) in [6.45, 7) is 18.0. The summed E-state index contributed by atoms with van der Waals surface area (Å²) in [6, 6.07) is 4.09. The summed E-state index contributed by atoms with van der Waals surface area (Å²) in [4.78, 5) is 36.9. The van der Waals surface area contributed by atoms with Crippen LogP contribution in [0.5, 0.6) is 5.75 Å². The summed E-state index contributed by atoms with van der Waals surface area (Å²) >= 11 is 5.98. The normalized spacial score (nSPS) is 12.6. The van der Waals surface area contributed by atoms with Gasteiger partial charge in [0, 0.05) is 19.0 Å². The van der Waals surface area contributed by atoms with Gasteiger partial charge in [-0.15, -0.1) is 0 Å². The van der Waals surface area contributed by atoms with E-state index in [1.807, 2.05) is 27.7 Å². The lowest BCUT2D eigenvalue weighted by atomic mass is 10.0. The molecule has 0 unspecified atom stereocenters. The molecule has 2 amide bonds. The van der Waals surface area contributed by atoms with Crippen molar-refractivity contribution in [2.75, 3.05) is 13.2 Å². The predicted molar refractivity (Wildman–Crippen MR) is 141 cm³/mol. The van der Waals surface area contributed by atoms with Crippen molar-refractivity contribution in [1.29, 1.82) is 0 Å². The number of rotatable bonds is 10. The maximum Gasteiger partial charge on any atom is 0.419 e. The maximum absolute atomic E-state index is 12.7. The first kappa shape index (κ1) is 32.4. The van der Waals surface area contributed by atoms with E-state index in [-0.39, 0.29) is 23.0 Å². The van der Waals surface area contributed by atoms with Crippen molar-refractivity contribution in [3.05, 3.63) is 33.3 Å². The van der Waals surface area contributed by atoms with Gasteiger partial charge in [-0.25, -0.2) is 14.5 Å². The number of carbonyl (C=O) groups is 2. The van der Waals surface area contributed by atoms with Crippen LogP contribution < -0.4 is 4.74 Å². The van der Waals surface area contributed by atoms with Crippen LogP contribution >= 0.6 is 11.6 Å². The van der Waals surface area contributed by atoms with Gasteiger partial charge in [0.1, 0.15) is 22.6 Å². The highest BCUT2D eigenvalue weighted by molar-refractivity contribution is 6.30. The van der Waals surface area contributed by atoms with Crippen molar-refractivity contribution in [1.82, 2.24) is 4.90 Å². The van der Waals surface area contributed by atoms with Crippen LogP contribution in [-0.2, 0) is 14.2 Å². The number of benzene rings is 1. The third-order valence-corrected chi connectivity index (χ3v) is 5.04. The topological polar surface area (TPSA) is 117 Å². The second kappa shape index (κ2) is 12.3. The number of hydrogen-bond donors (Lipinski definition) is 0. The molecule has 1 rings (SSSR count). The molecule has 0 bridgehead atoms. The van der Waals surface area contributed by atoms with Gasteiger partial charge in [-0.1, -0.05) is 11.6 Å². The van der Waals surface area contributed by atoms with Gasteiger partial charge in [-0.2, -0.15) is 0 Å². The van der Waals surface area contributed by atoms with E-state index in [2.05, 4.69) is 0 Å². The molecule has 0 radical (unpaired) electrons. The number of amides is 2. The van der Waals surface area contributed by atoms with Crippen molar-refractivity contribution < 1.29 is 33.5 Å². The van der Waals surface area contributed by atoms with E-state index in [4.69, 9.17) is 30.5 Å². The Morgan fingerprint density at radius 1 is 0.865 bits per heavy atom. The number of hydrogen-bond acceptors (Lipinski definition) is 8. The van der Waals surface area contributed by atoms with E-state index in [1.165, 1.54) is 18.2 Å². The van der Waals surface area contributed by atoms with Gasteiger partial charge >= 0.3 is 12.2 Å². The van der Waals surface area contributed by atoms with E-state index < -0.39 is 39.5 Å². The van der Waals surface area contributed by atoms with E-state index in [1.54, 1.807) is 41.5 Å². The molecule has 0 saturated carbocycles. The fourth-order valence-electron chi connectivity index (χ4n) is 3.00. The summed E-state index contributed by atoms with van der Waals surface area (Å²) in [5.74, 6) is 0.286. The molecule has 0 fully saturated rings. The first-order valence-corrected chi connectivity index (χ1v) is 12.5. The summed E-state index contributed by atoms with van der Waals surface area (Å²) < 4.78 is 22.8. The number of ether oxygens (including phenoxy) is 4. The van der Waals surface area contributed by atoms with Crippen molar-refractivity contribution in [2.24, 2.45) is 0 Å². The van der Waals surface area contributed by atoms with Crippen molar-refractivity contribution in [2.45, 2.75) is 104 Å². The van der Waals surface area contributed by atoms with Crippen molar-refractivity contribution >= 4 is 29.5 Å². The van der Waals surface area contributed by atoms with Gasteiger partial charge in [0.2, 0.25) is 0 Å². The van der Waals surface area contributed by atoms with E-state index in [0.29, 0.717) is 19.4 Å². The second-order valence-electron chi connectivity index (χ2n) is 12.0. The summed E-state index contributed by atoms with van der Waals surface area (Å²) in [6.07, 6.45) is -0.795. The zero-order valence-corrected chi connectivity index (χ0v) is 24.4. The number of nitrogens with zero attached hydrogens (tertiary/aromatic N) is 2. The molecule has 0 atom stereocenters. The molecule has 210 valence electrons. The van der Waals surface area contributed by atoms with E-state index in [0.717, 1.165) is 4.90 Å². The van der Waals surface area contributed by atoms with Gasteiger partial charge in [-0.05, 0) is 81.7 Å². The van der Waals surface area contributed by atoms with E-state index in [9.17, 15) is 19.7 Å². The zero-order chi connectivity index (χ0) is 28.8. The number of imide groups is 1. The number of nitro benzene ring substituents is 1. The molecule has 0 aliphatic heterocycles. The molecule has 0 spiro atoms. The van der Waals surface area contributed by atoms with Gasteiger partial charge < -0.3 is 18.9 Å². The zero-order valence-electron chi connectivity index (χ0n) is 23.6. The smallest absolute Gasteiger partial charge is 0.419 e. The van der Waals surface area contributed by atoms with Crippen LogP contribution in [-0.4, -0.2) is 57.6 Å². The summed E-state index contributed by atoms with van der Waals surface area (Å²) in [5, 5.41) is 11.3. The third-order valence-electron chi connectivity index (χ3n) is 4.82. The highest BCUT2D eigenvalue weighted by Crippen LogP contribution is 2.30. The van der Waals surface area contributed by atoms with Gasteiger partial charge in [-0.3, -0.25) is 10.1 Å². The molecule has 11 heteroatoms. The molecular formula is C26H41ClN2O8. The fraction of sp³-hybridized carbons (Fsp3) is 0.692. The number of halogens is 1. The molecule has 0 heterocycles. The Bertz CT molecular complexity index is 936. The molecule has 1 aromatic carbocycles. The average molecular weight is 545 g/mol. The third kappa shape index (κ3) is 13.0. The molecule has 37 heavy (non-hydrogen) atoms. The lowest BCUT2D eigenvalue weighted by Crippen LogP contribution is -2.45. The SMILES string of the molecule is CC(C)(C)OC(=O)N(CCC(C)(C)OCCC(C)(C)Oc1cc(Cl)cc([N+](=O)[O-])c1)C(=O)OC(C)(C)C. The number of carbonyl (C=O) groups excluding carboxylic acids is 2. The molecular weight excluding hydrogens is 504 g/mol. The Labute approximate surface area is 224 Å². The Balaban J connectivity index is 2.78. The lowest BCUT2D eigenvalue weighted by molar-refractivity contribution is -0.384. The van der Waals surface area contributed by atoms with Crippen LogP contribution in [0.1, 0.15) is 82.1 Å². The molecule has 0 aliphatic carbocycles. The Morgan fingerprint density at radius 2 is 1.38 bits per heavy atom. The summed E-state index contributed by atoms with van der Waals surface area (Å²) in [5.41, 5.74) is -3.13. The highest BCUT2D eigenvalue weighted by Gasteiger charge is 2.33. The van der Waals surface area contributed by atoms with Gasteiger partial charge in [0.05, 0.1) is 28.2 Å². The quantitative estimate of drug-likeness (QED) is 0.225. The van der Waals surface area contributed by atoms with Crippen LogP contribution in [0.3, 0.4) is 0 Å². The average Bonchev–Trinajstić information content (AvgIpc) is 2.63. The first-order valence-electron chi connectivity index (χ1n) is 12.1.